The van der Waals surface area contributed by atoms with E-state index in [1.807, 2.05) is 74.5 Å². The Morgan fingerprint density at radius 1 is 0.878 bits per heavy atom. The molecule has 0 spiro atoms. The van der Waals surface area contributed by atoms with Crippen LogP contribution in [0.15, 0.2) is 60.7 Å². The van der Waals surface area contributed by atoms with E-state index in [9.17, 15) is 19.5 Å². The molecule has 0 unspecified atom stereocenters. The zero-order chi connectivity index (χ0) is 30.4. The molecular formula is C32H47N3O6. The number of benzene rings is 2. The van der Waals surface area contributed by atoms with E-state index < -0.39 is 35.8 Å². The summed E-state index contributed by atoms with van der Waals surface area (Å²) in [6.45, 7) is 8.99. The number of aliphatic hydroxyl groups is 2. The molecule has 5 N–H and O–H groups in total. The van der Waals surface area contributed by atoms with Gasteiger partial charge in [0.05, 0.1) is 18.8 Å². The maximum absolute atomic E-state index is 13.7. The molecule has 41 heavy (non-hydrogen) atoms. The smallest absolute Gasteiger partial charge is 0.407 e. The van der Waals surface area contributed by atoms with Crippen LogP contribution in [0, 0.1) is 11.8 Å². The molecule has 9 nitrogen and oxygen atoms in total. The topological polar surface area (TPSA) is 137 Å². The molecule has 0 saturated heterocycles. The summed E-state index contributed by atoms with van der Waals surface area (Å²) in [7, 11) is 0. The van der Waals surface area contributed by atoms with Crippen LogP contribution in [0.1, 0.15) is 58.6 Å². The van der Waals surface area contributed by atoms with Crippen LogP contribution >= 0.6 is 0 Å². The maximum Gasteiger partial charge on any atom is 0.407 e. The summed E-state index contributed by atoms with van der Waals surface area (Å²) in [5, 5.41) is 29.0. The largest absolute Gasteiger partial charge is 0.444 e. The highest BCUT2D eigenvalue weighted by Crippen LogP contribution is 2.20. The van der Waals surface area contributed by atoms with E-state index in [1.54, 1.807) is 20.8 Å². The van der Waals surface area contributed by atoms with Gasteiger partial charge in [-0.25, -0.2) is 4.79 Å². The Balaban J connectivity index is 2.32. The van der Waals surface area contributed by atoms with Crippen molar-refractivity contribution >= 4 is 17.9 Å². The van der Waals surface area contributed by atoms with Gasteiger partial charge in [-0.3, -0.25) is 9.59 Å². The SMILES string of the molecule is CC[C@H](C)[C@H](NC(=O)[C@@H](Cc1ccccc1)C[C@H](O)[C@H](Cc1ccccc1)NC(=O)OC(C)(C)C)C(=O)NCCO. The summed E-state index contributed by atoms with van der Waals surface area (Å²) < 4.78 is 5.45. The van der Waals surface area contributed by atoms with Gasteiger partial charge < -0.3 is 30.9 Å². The average molecular weight is 570 g/mol. The quantitative estimate of drug-likeness (QED) is 0.223. The molecule has 0 fully saturated rings. The molecule has 0 aliphatic carbocycles. The Bertz CT molecular complexity index is 1070. The van der Waals surface area contributed by atoms with Crippen LogP contribution in [0.3, 0.4) is 0 Å². The third kappa shape index (κ3) is 12.3. The third-order valence-corrected chi connectivity index (χ3v) is 6.89. The van der Waals surface area contributed by atoms with Crippen LogP contribution in [-0.4, -0.2) is 65.1 Å². The van der Waals surface area contributed by atoms with Crippen LogP contribution in [0.25, 0.3) is 0 Å². The summed E-state index contributed by atoms with van der Waals surface area (Å²) in [6.07, 6.45) is -0.381. The highest BCUT2D eigenvalue weighted by atomic mass is 16.6. The lowest BCUT2D eigenvalue weighted by atomic mass is 9.88. The molecule has 0 aliphatic rings. The first kappa shape index (κ1) is 33.8. The summed E-state index contributed by atoms with van der Waals surface area (Å²) in [5.74, 6) is -1.58. The van der Waals surface area contributed by atoms with Gasteiger partial charge in [-0.2, -0.15) is 0 Å². The van der Waals surface area contributed by atoms with Crippen LogP contribution in [0.5, 0.6) is 0 Å². The molecule has 5 atom stereocenters. The number of rotatable bonds is 15. The monoisotopic (exact) mass is 569 g/mol. The van der Waals surface area contributed by atoms with Gasteiger partial charge in [0.15, 0.2) is 0 Å². The molecule has 2 rings (SSSR count). The third-order valence-electron chi connectivity index (χ3n) is 6.89. The first-order chi connectivity index (χ1) is 19.4. The Morgan fingerprint density at radius 3 is 1.95 bits per heavy atom. The van der Waals surface area contributed by atoms with E-state index in [1.165, 1.54) is 0 Å². The number of hydrogen-bond donors (Lipinski definition) is 5. The van der Waals surface area contributed by atoms with Crippen molar-refractivity contribution in [1.29, 1.82) is 0 Å². The summed E-state index contributed by atoms with van der Waals surface area (Å²) in [5.41, 5.74) is 1.10. The number of hydrogen-bond acceptors (Lipinski definition) is 6. The minimum Gasteiger partial charge on any atom is -0.444 e. The van der Waals surface area contributed by atoms with Crippen LogP contribution in [0.2, 0.25) is 0 Å². The number of alkyl carbamates (subject to hydrolysis) is 1. The fourth-order valence-corrected chi connectivity index (χ4v) is 4.51. The fourth-order valence-electron chi connectivity index (χ4n) is 4.51. The van der Waals surface area contributed by atoms with Gasteiger partial charge in [-0.05, 0) is 57.1 Å². The minimum atomic E-state index is -1.09. The van der Waals surface area contributed by atoms with Crippen LogP contribution < -0.4 is 16.0 Å². The fraction of sp³-hybridized carbons (Fsp3) is 0.531. The van der Waals surface area contributed by atoms with Crippen molar-refractivity contribution in [1.82, 2.24) is 16.0 Å². The zero-order valence-corrected chi connectivity index (χ0v) is 24.9. The van der Waals surface area contributed by atoms with E-state index in [0.717, 1.165) is 11.1 Å². The predicted octanol–water partition coefficient (Wildman–Crippen LogP) is 3.37. The highest BCUT2D eigenvalue weighted by molar-refractivity contribution is 5.88. The van der Waals surface area contributed by atoms with Gasteiger partial charge in [0.25, 0.3) is 0 Å². The van der Waals surface area contributed by atoms with Crippen LogP contribution in [0.4, 0.5) is 4.79 Å². The first-order valence-electron chi connectivity index (χ1n) is 14.4. The Hall–Kier alpha value is -3.43. The zero-order valence-electron chi connectivity index (χ0n) is 24.9. The van der Waals surface area contributed by atoms with Gasteiger partial charge in [-0.1, -0.05) is 80.9 Å². The van der Waals surface area contributed by atoms with Gasteiger partial charge in [0.1, 0.15) is 11.6 Å². The van der Waals surface area contributed by atoms with Crippen molar-refractivity contribution in [3.8, 4) is 0 Å². The summed E-state index contributed by atoms with van der Waals surface area (Å²) in [6, 6.07) is 17.4. The van der Waals surface area contributed by atoms with Crippen molar-refractivity contribution in [3.05, 3.63) is 71.8 Å². The van der Waals surface area contributed by atoms with Crippen molar-refractivity contribution in [3.63, 3.8) is 0 Å². The Kier molecular flexibility index (Phi) is 13.8. The van der Waals surface area contributed by atoms with Gasteiger partial charge in [-0.15, -0.1) is 0 Å². The van der Waals surface area contributed by atoms with E-state index >= 15 is 0 Å². The molecule has 0 heterocycles. The molecule has 0 aromatic heterocycles. The summed E-state index contributed by atoms with van der Waals surface area (Å²) in [4.78, 5) is 39.3. The van der Waals surface area contributed by atoms with E-state index in [2.05, 4.69) is 16.0 Å². The molecule has 9 heteroatoms. The number of nitrogens with one attached hydrogen (secondary N) is 3. The standard InChI is InChI=1S/C32H47N3O6/c1-6-22(2)28(30(39)33-17-18-36)35-29(38)25(19-23-13-9-7-10-14-23)21-27(37)26(20-24-15-11-8-12-16-24)34-31(40)41-32(3,4)5/h7-16,22,25-28,36-37H,6,17-21H2,1-5H3,(H,33,39)(H,34,40)(H,35,38)/t22-,25-,26-,27-,28-/m0/s1. The summed E-state index contributed by atoms with van der Waals surface area (Å²) >= 11 is 0. The van der Waals surface area contributed by atoms with E-state index in [0.29, 0.717) is 19.3 Å². The van der Waals surface area contributed by atoms with Gasteiger partial charge >= 0.3 is 6.09 Å². The molecule has 2 aromatic rings. The lowest BCUT2D eigenvalue weighted by Crippen LogP contribution is -2.53. The highest BCUT2D eigenvalue weighted by Gasteiger charge is 2.33. The first-order valence-corrected chi connectivity index (χ1v) is 14.4. The molecular weight excluding hydrogens is 522 g/mol. The lowest BCUT2D eigenvalue weighted by molar-refractivity contribution is -0.133. The molecule has 226 valence electrons. The lowest BCUT2D eigenvalue weighted by Gasteiger charge is -2.30. The van der Waals surface area contributed by atoms with Crippen molar-refractivity contribution < 1.29 is 29.3 Å². The molecule has 0 radical (unpaired) electrons. The van der Waals surface area contributed by atoms with E-state index in [4.69, 9.17) is 9.84 Å². The number of carbonyl (C=O) groups excluding carboxylic acids is 3. The minimum absolute atomic E-state index is 0.0412. The van der Waals surface area contributed by atoms with E-state index in [-0.39, 0.29) is 37.3 Å². The number of ether oxygens (including phenoxy) is 1. The van der Waals surface area contributed by atoms with Gasteiger partial charge in [0.2, 0.25) is 11.8 Å². The second-order valence-electron chi connectivity index (χ2n) is 11.5. The van der Waals surface area contributed by atoms with Crippen LogP contribution in [-0.2, 0) is 27.2 Å². The second-order valence-corrected chi connectivity index (χ2v) is 11.5. The molecule has 0 bridgehead atoms. The maximum atomic E-state index is 13.7. The predicted molar refractivity (Wildman–Crippen MR) is 159 cm³/mol. The molecule has 3 amide bonds. The Labute approximate surface area is 244 Å². The van der Waals surface area contributed by atoms with Crippen molar-refractivity contribution in [2.24, 2.45) is 11.8 Å². The average Bonchev–Trinajstić information content (AvgIpc) is 2.93. The molecule has 2 aromatic carbocycles. The number of aliphatic hydroxyl groups excluding tert-OH is 2. The molecule has 0 saturated carbocycles. The number of amides is 3. The van der Waals surface area contributed by atoms with Crippen molar-refractivity contribution in [2.75, 3.05) is 13.2 Å². The van der Waals surface area contributed by atoms with Gasteiger partial charge in [0, 0.05) is 12.5 Å². The Morgan fingerprint density at radius 2 is 1.44 bits per heavy atom. The molecule has 0 aliphatic heterocycles. The number of carbonyl (C=O) groups is 3. The normalized spacial score (nSPS) is 15.1. The second kappa shape index (κ2) is 16.7. The van der Waals surface area contributed by atoms with Crippen molar-refractivity contribution in [2.45, 2.75) is 84.1 Å².